The zero-order valence-corrected chi connectivity index (χ0v) is 22.9. The second-order valence-electron chi connectivity index (χ2n) is 11.7. The third-order valence-corrected chi connectivity index (χ3v) is 7.92. The van der Waals surface area contributed by atoms with Crippen LogP contribution in [0.1, 0.15) is 51.2 Å². The molecule has 0 aromatic heterocycles. The molecule has 226 valence electrons. The van der Waals surface area contributed by atoms with Crippen molar-refractivity contribution in [1.29, 1.82) is 0 Å². The molecule has 1 spiro atoms. The number of ether oxygens (including phenoxy) is 3. The molecule has 0 radical (unpaired) electrons. The zero-order valence-electron chi connectivity index (χ0n) is 22.9. The Labute approximate surface area is 233 Å². The first-order chi connectivity index (χ1) is 18.8. The summed E-state index contributed by atoms with van der Waals surface area (Å²) in [6, 6.07) is 2.20. The van der Waals surface area contributed by atoms with Crippen LogP contribution in [0.3, 0.4) is 0 Å². The Bertz CT molecular complexity index is 1290. The van der Waals surface area contributed by atoms with E-state index < -0.39 is 52.8 Å². The number of nitrogens with zero attached hydrogens (tertiary/aromatic N) is 1. The number of halogens is 3. The van der Waals surface area contributed by atoms with Gasteiger partial charge >= 0.3 is 24.1 Å². The number of carboxylic acids is 1. The van der Waals surface area contributed by atoms with Crippen molar-refractivity contribution in [2.75, 3.05) is 13.6 Å². The number of hydrogen-bond donors (Lipinski definition) is 4. The van der Waals surface area contributed by atoms with Crippen molar-refractivity contribution in [2.24, 2.45) is 5.73 Å². The normalized spacial score (nSPS) is 28.7. The van der Waals surface area contributed by atoms with Crippen molar-refractivity contribution in [1.82, 2.24) is 4.90 Å². The molecule has 11 nitrogen and oxygen atoms in total. The molecule has 14 heteroatoms. The van der Waals surface area contributed by atoms with Crippen molar-refractivity contribution in [2.45, 2.75) is 87.4 Å². The number of aliphatic carboxylic acids is 1. The number of benzene rings is 1. The molecular formula is C27H33F3N2O9. The molecule has 41 heavy (non-hydrogen) atoms. The lowest BCUT2D eigenvalue weighted by Crippen LogP contribution is -2.74. The highest BCUT2D eigenvalue weighted by molar-refractivity contribution is 5.83. The van der Waals surface area contributed by atoms with Gasteiger partial charge in [-0.05, 0) is 64.9 Å². The number of nitrogens with two attached hydrogens (primary N) is 1. The maximum Gasteiger partial charge on any atom is 0.490 e. The number of phenolic OH excluding ortho intramolecular Hbond substituents is 1. The highest BCUT2D eigenvalue weighted by Gasteiger charge is 2.72. The van der Waals surface area contributed by atoms with Crippen molar-refractivity contribution in [3.63, 3.8) is 0 Å². The number of carbonyl (C=O) groups is 3. The van der Waals surface area contributed by atoms with E-state index in [9.17, 15) is 33.0 Å². The molecule has 4 aliphatic rings. The first-order valence-electron chi connectivity index (χ1n) is 13.0. The summed E-state index contributed by atoms with van der Waals surface area (Å²) in [7, 11) is 2.00. The monoisotopic (exact) mass is 586 g/mol. The minimum atomic E-state index is -5.08. The number of aromatic hydroxyl groups is 1. The molecule has 2 heterocycles. The molecule has 5 atom stereocenters. The molecule has 1 saturated heterocycles. The van der Waals surface area contributed by atoms with Crippen LogP contribution >= 0.6 is 0 Å². The van der Waals surface area contributed by atoms with Crippen LogP contribution in [-0.2, 0) is 35.7 Å². The van der Waals surface area contributed by atoms with Gasteiger partial charge in [0, 0.05) is 18.0 Å². The summed E-state index contributed by atoms with van der Waals surface area (Å²) in [6.07, 6.45) is -3.02. The fourth-order valence-corrected chi connectivity index (χ4v) is 6.25. The van der Waals surface area contributed by atoms with Gasteiger partial charge in [-0.2, -0.15) is 13.2 Å². The van der Waals surface area contributed by atoms with Gasteiger partial charge in [-0.3, -0.25) is 9.59 Å². The Hall–Kier alpha value is -3.36. The van der Waals surface area contributed by atoms with E-state index in [2.05, 4.69) is 4.90 Å². The summed E-state index contributed by atoms with van der Waals surface area (Å²) in [5.74, 6) is -3.50. The highest BCUT2D eigenvalue weighted by atomic mass is 19.4. The first kappa shape index (κ1) is 30.6. The van der Waals surface area contributed by atoms with E-state index in [0.29, 0.717) is 18.6 Å². The van der Waals surface area contributed by atoms with Gasteiger partial charge in [0.25, 0.3) is 0 Å². The smallest absolute Gasteiger partial charge is 0.490 e. The van der Waals surface area contributed by atoms with Crippen LogP contribution in [0.25, 0.3) is 0 Å². The van der Waals surface area contributed by atoms with E-state index in [1.165, 1.54) is 0 Å². The van der Waals surface area contributed by atoms with E-state index in [1.54, 1.807) is 32.9 Å². The standard InChI is InChI=1S/C25H32N2O7.C2HF3O2/c1-23(2,3)34-22(30)14(26)12-18(29)32-16-7-8-25(31)17-11-13-5-6-15(28)20-19(13)24(25,21(16)33-20)9-10-27(17)4;3-2(4,5)1(6)7/h5-7,14,17,21,28,31H,8-12,26H2,1-4H3;(H,6,7)/t14?,17-,21+,24+,25-;/m1./s1. The van der Waals surface area contributed by atoms with Gasteiger partial charge in [0.05, 0.1) is 17.4 Å². The molecule has 0 saturated carbocycles. The summed E-state index contributed by atoms with van der Waals surface area (Å²) in [4.78, 5) is 36.0. The van der Waals surface area contributed by atoms with E-state index in [-0.39, 0.29) is 30.4 Å². The number of alkyl halides is 3. The number of aliphatic hydroxyl groups is 1. The SMILES string of the molecule is CN1CC[C@]23c4c5ccc(O)c4O[C@H]2C(OC(=O)CC(N)C(=O)OC(C)(C)C)=CC[C@@]3(O)[C@H]1C5.O=C(O)C(F)(F)F. The van der Waals surface area contributed by atoms with Crippen molar-refractivity contribution < 1.29 is 57.1 Å². The van der Waals surface area contributed by atoms with E-state index in [0.717, 1.165) is 17.7 Å². The lowest BCUT2D eigenvalue weighted by atomic mass is 9.50. The molecule has 5 rings (SSSR count). The van der Waals surface area contributed by atoms with Gasteiger partial charge in [0.15, 0.2) is 17.6 Å². The molecule has 2 aliphatic heterocycles. The Morgan fingerprint density at radius 2 is 1.88 bits per heavy atom. The number of carboxylic acid groups (broad SMARTS) is 1. The number of likely N-dealkylation sites (tertiary alicyclic amines) is 1. The summed E-state index contributed by atoms with van der Waals surface area (Å²) < 4.78 is 48.9. The second kappa shape index (κ2) is 10.2. The van der Waals surface area contributed by atoms with Gasteiger partial charge in [0.1, 0.15) is 17.4 Å². The number of likely N-dealkylation sites (N-methyl/N-ethyl adjacent to an activating group) is 1. The Kier molecular flexibility index (Phi) is 7.59. The number of esters is 2. The molecule has 1 aromatic carbocycles. The molecule has 1 aromatic rings. The lowest BCUT2D eigenvalue weighted by Gasteiger charge is -2.61. The molecule has 0 amide bonds. The van der Waals surface area contributed by atoms with Gasteiger partial charge < -0.3 is 40.2 Å². The largest absolute Gasteiger partial charge is 0.504 e. The van der Waals surface area contributed by atoms with Crippen molar-refractivity contribution in [3.8, 4) is 11.5 Å². The Balaban J connectivity index is 0.000000493. The third-order valence-electron chi connectivity index (χ3n) is 7.92. The quantitative estimate of drug-likeness (QED) is 0.380. The number of phenols is 1. The van der Waals surface area contributed by atoms with Crippen LogP contribution in [0.5, 0.6) is 11.5 Å². The maximum absolute atomic E-state index is 12.8. The lowest BCUT2D eigenvalue weighted by molar-refractivity contribution is -0.192. The van der Waals surface area contributed by atoms with E-state index >= 15 is 0 Å². The van der Waals surface area contributed by atoms with Crippen LogP contribution in [0.4, 0.5) is 13.2 Å². The van der Waals surface area contributed by atoms with Gasteiger partial charge in [0.2, 0.25) is 0 Å². The van der Waals surface area contributed by atoms with Crippen LogP contribution < -0.4 is 10.5 Å². The molecule has 1 unspecified atom stereocenters. The van der Waals surface area contributed by atoms with Crippen molar-refractivity contribution in [3.05, 3.63) is 35.1 Å². The second-order valence-corrected chi connectivity index (χ2v) is 11.7. The predicted molar refractivity (Wildman–Crippen MR) is 135 cm³/mol. The fraction of sp³-hybridized carbons (Fsp3) is 0.593. The summed E-state index contributed by atoms with van der Waals surface area (Å²) in [5, 5.41) is 29.8. The average molecular weight is 587 g/mol. The number of rotatable bonds is 4. The number of hydrogen-bond acceptors (Lipinski definition) is 10. The average Bonchev–Trinajstić information content (AvgIpc) is 3.19. The summed E-state index contributed by atoms with van der Waals surface area (Å²) >= 11 is 0. The Morgan fingerprint density at radius 3 is 2.46 bits per heavy atom. The minimum Gasteiger partial charge on any atom is -0.504 e. The fourth-order valence-electron chi connectivity index (χ4n) is 6.25. The van der Waals surface area contributed by atoms with Crippen LogP contribution in [0.2, 0.25) is 0 Å². The molecule has 5 N–H and O–H groups in total. The molecular weight excluding hydrogens is 553 g/mol. The van der Waals surface area contributed by atoms with Crippen LogP contribution in [0.15, 0.2) is 24.0 Å². The summed E-state index contributed by atoms with van der Waals surface area (Å²) in [5.41, 5.74) is 5.03. The van der Waals surface area contributed by atoms with E-state index in [4.69, 9.17) is 29.8 Å². The van der Waals surface area contributed by atoms with E-state index in [1.807, 2.05) is 13.1 Å². The highest BCUT2D eigenvalue weighted by Crippen LogP contribution is 2.65. The molecule has 2 bridgehead atoms. The van der Waals surface area contributed by atoms with Gasteiger partial charge in [-0.1, -0.05) is 6.07 Å². The summed E-state index contributed by atoms with van der Waals surface area (Å²) in [6.45, 7) is 5.90. The van der Waals surface area contributed by atoms with Crippen molar-refractivity contribution >= 4 is 17.9 Å². The van der Waals surface area contributed by atoms with Crippen LogP contribution in [-0.4, -0.2) is 87.3 Å². The van der Waals surface area contributed by atoms with Gasteiger partial charge in [-0.15, -0.1) is 0 Å². The zero-order chi connectivity index (χ0) is 30.7. The third kappa shape index (κ3) is 5.24. The number of carbonyl (C=O) groups excluding carboxylic acids is 2. The maximum atomic E-state index is 12.8. The predicted octanol–water partition coefficient (Wildman–Crippen LogP) is 1.91. The topological polar surface area (TPSA) is 169 Å². The number of piperidine rings is 1. The Morgan fingerprint density at radius 1 is 1.24 bits per heavy atom. The van der Waals surface area contributed by atoms with Crippen LogP contribution in [0, 0.1) is 0 Å². The first-order valence-corrected chi connectivity index (χ1v) is 13.0. The van der Waals surface area contributed by atoms with Gasteiger partial charge in [-0.25, -0.2) is 4.79 Å². The molecule has 2 aliphatic carbocycles. The molecule has 1 fully saturated rings. The minimum absolute atomic E-state index is 0.000113.